The van der Waals surface area contributed by atoms with Gasteiger partial charge in [-0.1, -0.05) is 31.9 Å². The molecule has 1 nitrogen and oxygen atoms in total. The third-order valence-electron chi connectivity index (χ3n) is 6.53. The minimum atomic E-state index is 0.0539. The zero-order valence-corrected chi connectivity index (χ0v) is 10.8. The van der Waals surface area contributed by atoms with Crippen LogP contribution in [0.4, 0.5) is 0 Å². The maximum Gasteiger partial charge on any atom is 0.0525 e. The van der Waals surface area contributed by atoms with Crippen LogP contribution >= 0.6 is 0 Å². The molecule has 0 aromatic heterocycles. The molecule has 0 aliphatic heterocycles. The Morgan fingerprint density at radius 1 is 1.38 bits per heavy atom. The summed E-state index contributed by atoms with van der Waals surface area (Å²) in [6, 6.07) is 0. The first kappa shape index (κ1) is 10.8. The smallest absolute Gasteiger partial charge is 0.0525 e. The van der Waals surface area contributed by atoms with Gasteiger partial charge in [0.05, 0.1) is 6.61 Å². The summed E-state index contributed by atoms with van der Waals surface area (Å²) < 4.78 is 0. The van der Waals surface area contributed by atoms with Crippen molar-refractivity contribution in [2.24, 2.45) is 22.2 Å². The largest absolute Gasteiger partial charge is 0.395 e. The summed E-state index contributed by atoms with van der Waals surface area (Å²) in [5, 5.41) is 9.87. The molecule has 0 saturated heterocycles. The highest BCUT2D eigenvalue weighted by Gasteiger charge is 2.70. The summed E-state index contributed by atoms with van der Waals surface area (Å²) >= 11 is 0. The molecule has 2 fully saturated rings. The molecule has 0 bridgehead atoms. The zero-order chi connectivity index (χ0) is 11.6. The number of hydrogen-bond donors (Lipinski definition) is 1. The summed E-state index contributed by atoms with van der Waals surface area (Å²) in [5.41, 5.74) is 2.49. The number of aliphatic hydroxyl groups excluding tert-OH is 1. The van der Waals surface area contributed by atoms with Gasteiger partial charge in [-0.2, -0.15) is 0 Å². The van der Waals surface area contributed by atoms with Gasteiger partial charge in [-0.25, -0.2) is 0 Å². The van der Waals surface area contributed by atoms with Crippen molar-refractivity contribution < 1.29 is 5.11 Å². The van der Waals surface area contributed by atoms with Crippen LogP contribution in [0.15, 0.2) is 11.6 Å². The van der Waals surface area contributed by atoms with Crippen molar-refractivity contribution in [2.45, 2.75) is 52.9 Å². The van der Waals surface area contributed by atoms with Crippen LogP contribution in [0.25, 0.3) is 0 Å². The molecule has 4 atom stereocenters. The monoisotopic (exact) mass is 220 g/mol. The van der Waals surface area contributed by atoms with Crippen LogP contribution in [0, 0.1) is 22.2 Å². The summed E-state index contributed by atoms with van der Waals surface area (Å²) in [4.78, 5) is 0. The predicted molar refractivity (Wildman–Crippen MR) is 66.1 cm³/mol. The van der Waals surface area contributed by atoms with Crippen LogP contribution in [0.5, 0.6) is 0 Å². The topological polar surface area (TPSA) is 20.2 Å². The molecule has 3 aliphatic carbocycles. The number of allylic oxidation sites excluding steroid dienone is 1. The second-order valence-corrected chi connectivity index (χ2v) is 6.75. The van der Waals surface area contributed by atoms with Crippen molar-refractivity contribution in [3.8, 4) is 0 Å². The molecule has 0 spiro atoms. The highest BCUT2D eigenvalue weighted by molar-refractivity contribution is 5.38. The van der Waals surface area contributed by atoms with Crippen molar-refractivity contribution in [1.82, 2.24) is 0 Å². The molecule has 0 heterocycles. The maximum absolute atomic E-state index is 9.87. The highest BCUT2D eigenvalue weighted by atomic mass is 16.3. The Kier molecular flexibility index (Phi) is 1.98. The van der Waals surface area contributed by atoms with E-state index >= 15 is 0 Å². The van der Waals surface area contributed by atoms with Crippen molar-refractivity contribution >= 4 is 0 Å². The Balaban J connectivity index is 2.20. The van der Waals surface area contributed by atoms with Gasteiger partial charge in [0.1, 0.15) is 0 Å². The molecule has 1 heteroatoms. The average molecular weight is 220 g/mol. The molecule has 0 unspecified atom stereocenters. The first-order valence-corrected chi connectivity index (χ1v) is 6.83. The molecule has 3 rings (SSSR count). The SMILES string of the molecule is CC1=C[C@](C)(CO)[C@@]23CCC[C@@]12[C@H](C)CC3. The van der Waals surface area contributed by atoms with E-state index in [0.717, 1.165) is 5.92 Å². The van der Waals surface area contributed by atoms with Crippen LogP contribution < -0.4 is 0 Å². The van der Waals surface area contributed by atoms with E-state index in [4.69, 9.17) is 0 Å². The molecule has 90 valence electrons. The Labute approximate surface area is 98.9 Å². The van der Waals surface area contributed by atoms with E-state index in [9.17, 15) is 5.11 Å². The van der Waals surface area contributed by atoms with Gasteiger partial charge in [-0.15, -0.1) is 0 Å². The first-order valence-electron chi connectivity index (χ1n) is 6.83. The lowest BCUT2D eigenvalue weighted by Crippen LogP contribution is -2.44. The molecule has 16 heavy (non-hydrogen) atoms. The van der Waals surface area contributed by atoms with E-state index in [2.05, 4.69) is 26.8 Å². The van der Waals surface area contributed by atoms with E-state index in [1.165, 1.54) is 32.1 Å². The number of hydrogen-bond acceptors (Lipinski definition) is 1. The Morgan fingerprint density at radius 3 is 2.81 bits per heavy atom. The van der Waals surface area contributed by atoms with Gasteiger partial charge in [-0.05, 0) is 43.9 Å². The second kappa shape index (κ2) is 2.93. The van der Waals surface area contributed by atoms with Crippen LogP contribution in [0.1, 0.15) is 52.9 Å². The molecule has 3 aliphatic rings. The Hall–Kier alpha value is -0.300. The fourth-order valence-corrected chi connectivity index (χ4v) is 5.89. The standard InChI is InChI=1S/C15H24O/c1-11-5-8-14-6-4-7-15(11,14)12(2)9-13(14,3)10-16/h9,11,16H,4-8,10H2,1-3H3/t11-,13-,14+,15-/m1/s1. The van der Waals surface area contributed by atoms with E-state index in [0.29, 0.717) is 17.4 Å². The highest BCUT2D eigenvalue weighted by Crippen LogP contribution is 2.77. The lowest BCUT2D eigenvalue weighted by atomic mass is 9.56. The quantitative estimate of drug-likeness (QED) is 0.670. The Bertz CT molecular complexity index is 358. The fraction of sp³-hybridized carbons (Fsp3) is 0.867. The number of aliphatic hydroxyl groups is 1. The van der Waals surface area contributed by atoms with E-state index in [1.54, 1.807) is 5.57 Å². The molecule has 0 aromatic carbocycles. The molecule has 0 radical (unpaired) electrons. The minimum Gasteiger partial charge on any atom is -0.395 e. The van der Waals surface area contributed by atoms with Gasteiger partial charge in [0.2, 0.25) is 0 Å². The first-order chi connectivity index (χ1) is 7.52. The van der Waals surface area contributed by atoms with Gasteiger partial charge in [0.15, 0.2) is 0 Å². The van der Waals surface area contributed by atoms with Crippen LogP contribution in [-0.2, 0) is 0 Å². The lowest BCUT2D eigenvalue weighted by molar-refractivity contribution is -0.00503. The molecule has 2 saturated carbocycles. The fourth-order valence-electron chi connectivity index (χ4n) is 5.89. The van der Waals surface area contributed by atoms with Gasteiger partial charge >= 0.3 is 0 Å². The normalized spacial score (nSPS) is 55.0. The average Bonchev–Trinajstić information content (AvgIpc) is 2.81. The lowest BCUT2D eigenvalue weighted by Gasteiger charge is -2.47. The van der Waals surface area contributed by atoms with Gasteiger partial charge in [0.25, 0.3) is 0 Å². The minimum absolute atomic E-state index is 0.0539. The zero-order valence-electron chi connectivity index (χ0n) is 10.8. The van der Waals surface area contributed by atoms with Crippen LogP contribution in [0.3, 0.4) is 0 Å². The van der Waals surface area contributed by atoms with Crippen molar-refractivity contribution in [2.75, 3.05) is 6.61 Å². The molecule has 0 amide bonds. The van der Waals surface area contributed by atoms with Gasteiger partial charge in [-0.3, -0.25) is 0 Å². The third-order valence-corrected chi connectivity index (χ3v) is 6.53. The summed E-state index contributed by atoms with van der Waals surface area (Å²) in [5.74, 6) is 0.819. The molecule has 0 aromatic rings. The molecular weight excluding hydrogens is 196 g/mol. The number of rotatable bonds is 1. The van der Waals surface area contributed by atoms with E-state index in [1.807, 2.05) is 0 Å². The van der Waals surface area contributed by atoms with Crippen molar-refractivity contribution in [3.05, 3.63) is 11.6 Å². The molecule has 1 N–H and O–H groups in total. The van der Waals surface area contributed by atoms with E-state index < -0.39 is 0 Å². The van der Waals surface area contributed by atoms with Crippen LogP contribution in [-0.4, -0.2) is 11.7 Å². The second-order valence-electron chi connectivity index (χ2n) is 6.75. The van der Waals surface area contributed by atoms with E-state index in [-0.39, 0.29) is 5.41 Å². The van der Waals surface area contributed by atoms with Crippen LogP contribution in [0.2, 0.25) is 0 Å². The molecular formula is C15H24O. The van der Waals surface area contributed by atoms with Gasteiger partial charge < -0.3 is 5.11 Å². The maximum atomic E-state index is 9.87. The summed E-state index contributed by atoms with van der Waals surface area (Å²) in [6.45, 7) is 7.39. The summed E-state index contributed by atoms with van der Waals surface area (Å²) in [7, 11) is 0. The third kappa shape index (κ3) is 0.827. The summed E-state index contributed by atoms with van der Waals surface area (Å²) in [6.07, 6.45) is 9.18. The van der Waals surface area contributed by atoms with Crippen molar-refractivity contribution in [3.63, 3.8) is 0 Å². The van der Waals surface area contributed by atoms with Crippen molar-refractivity contribution in [1.29, 1.82) is 0 Å². The predicted octanol–water partition coefficient (Wildman–Crippen LogP) is 3.53. The van der Waals surface area contributed by atoms with Gasteiger partial charge in [0, 0.05) is 10.8 Å². The Morgan fingerprint density at radius 2 is 2.12 bits per heavy atom.